The molecule has 0 heterocycles. The minimum absolute atomic E-state index is 0.228. The van der Waals surface area contributed by atoms with Crippen LogP contribution in [0.4, 0.5) is 0 Å². The van der Waals surface area contributed by atoms with Gasteiger partial charge in [-0.15, -0.1) is 0 Å². The van der Waals surface area contributed by atoms with Crippen molar-refractivity contribution in [2.24, 2.45) is 11.7 Å². The zero-order chi connectivity index (χ0) is 10.7. The lowest BCUT2D eigenvalue weighted by molar-refractivity contribution is 0.0845. The Morgan fingerprint density at radius 2 is 1.73 bits per heavy atom. The monoisotopic (exact) mass is 205 g/mol. The second-order valence-corrected chi connectivity index (χ2v) is 4.47. The van der Waals surface area contributed by atoms with Crippen LogP contribution in [0.15, 0.2) is 30.3 Å². The van der Waals surface area contributed by atoms with Gasteiger partial charge >= 0.3 is 0 Å². The summed E-state index contributed by atoms with van der Waals surface area (Å²) in [5.41, 5.74) is 7.11. The Balaban J connectivity index is 2.03. The summed E-state index contributed by atoms with van der Waals surface area (Å²) >= 11 is 0. The minimum Gasteiger partial charge on any atom is -0.391 e. The lowest BCUT2D eigenvalue weighted by Crippen LogP contribution is -2.31. The summed E-state index contributed by atoms with van der Waals surface area (Å²) in [6.45, 7) is 0. The fourth-order valence-corrected chi connectivity index (χ4v) is 2.46. The van der Waals surface area contributed by atoms with Crippen molar-refractivity contribution >= 4 is 0 Å². The van der Waals surface area contributed by atoms with Crippen molar-refractivity contribution in [2.45, 2.75) is 37.8 Å². The molecule has 1 aromatic carbocycles. The van der Waals surface area contributed by atoms with Gasteiger partial charge in [-0.3, -0.25) is 0 Å². The number of hydrogen-bond donors (Lipinski definition) is 2. The van der Waals surface area contributed by atoms with E-state index in [0.717, 1.165) is 18.4 Å². The van der Waals surface area contributed by atoms with Crippen molar-refractivity contribution < 1.29 is 5.11 Å². The average molecular weight is 205 g/mol. The summed E-state index contributed by atoms with van der Waals surface area (Å²) in [7, 11) is 0. The van der Waals surface area contributed by atoms with Crippen LogP contribution >= 0.6 is 0 Å². The van der Waals surface area contributed by atoms with Gasteiger partial charge in [0, 0.05) is 0 Å². The summed E-state index contributed by atoms with van der Waals surface area (Å²) in [6.07, 6.45) is 4.35. The largest absolute Gasteiger partial charge is 0.391 e. The molecule has 1 aliphatic carbocycles. The lowest BCUT2D eigenvalue weighted by Gasteiger charge is -2.24. The highest BCUT2D eigenvalue weighted by atomic mass is 16.3. The molecule has 0 amide bonds. The number of aliphatic hydroxyl groups excluding tert-OH is 1. The molecule has 15 heavy (non-hydrogen) atoms. The van der Waals surface area contributed by atoms with Gasteiger partial charge in [0.05, 0.1) is 12.1 Å². The summed E-state index contributed by atoms with van der Waals surface area (Å²) in [5.74, 6) is 0.403. The van der Waals surface area contributed by atoms with E-state index in [1.54, 1.807) is 0 Å². The van der Waals surface area contributed by atoms with Crippen LogP contribution < -0.4 is 5.73 Å². The van der Waals surface area contributed by atoms with Crippen LogP contribution in [0.1, 0.15) is 37.3 Å². The van der Waals surface area contributed by atoms with E-state index in [0.29, 0.717) is 5.92 Å². The predicted octanol–water partition coefficient (Wildman–Crippen LogP) is 2.24. The predicted molar refractivity (Wildman–Crippen MR) is 61.3 cm³/mol. The van der Waals surface area contributed by atoms with E-state index < -0.39 is 0 Å². The molecule has 3 N–H and O–H groups in total. The van der Waals surface area contributed by atoms with Gasteiger partial charge in [0.15, 0.2) is 0 Å². The number of nitrogens with two attached hydrogens (primary N) is 1. The maximum absolute atomic E-state index is 10.1. The zero-order valence-electron chi connectivity index (χ0n) is 8.97. The van der Waals surface area contributed by atoms with Crippen molar-refractivity contribution in [3.8, 4) is 0 Å². The van der Waals surface area contributed by atoms with E-state index in [1.807, 2.05) is 30.3 Å². The van der Waals surface area contributed by atoms with Gasteiger partial charge in [0.25, 0.3) is 0 Å². The molecule has 1 aromatic rings. The van der Waals surface area contributed by atoms with Crippen LogP contribution in [0, 0.1) is 5.92 Å². The number of benzene rings is 1. The van der Waals surface area contributed by atoms with Crippen LogP contribution in [-0.4, -0.2) is 11.2 Å². The molecule has 2 heteroatoms. The van der Waals surface area contributed by atoms with Crippen LogP contribution in [0.2, 0.25) is 0 Å². The van der Waals surface area contributed by atoms with Crippen LogP contribution in [0.5, 0.6) is 0 Å². The molecular weight excluding hydrogens is 186 g/mol. The van der Waals surface area contributed by atoms with Gasteiger partial charge in [-0.1, -0.05) is 43.2 Å². The second-order valence-electron chi connectivity index (χ2n) is 4.47. The topological polar surface area (TPSA) is 46.2 Å². The van der Waals surface area contributed by atoms with Gasteiger partial charge in [-0.05, 0) is 24.3 Å². The Morgan fingerprint density at radius 3 is 2.33 bits per heavy atom. The number of rotatable bonds is 3. The fraction of sp³-hybridized carbons (Fsp3) is 0.538. The molecule has 1 fully saturated rings. The number of aliphatic hydroxyl groups is 1. The van der Waals surface area contributed by atoms with Crippen molar-refractivity contribution in [2.75, 3.05) is 0 Å². The highest BCUT2D eigenvalue weighted by Crippen LogP contribution is 2.32. The minimum atomic E-state index is -0.380. The van der Waals surface area contributed by atoms with Crippen LogP contribution in [0.3, 0.4) is 0 Å². The molecular formula is C13H19NO. The van der Waals surface area contributed by atoms with Crippen LogP contribution in [-0.2, 0) is 0 Å². The van der Waals surface area contributed by atoms with Gasteiger partial charge in [0.1, 0.15) is 0 Å². The Bertz CT molecular complexity index is 293. The molecule has 1 saturated carbocycles. The third kappa shape index (κ3) is 2.39. The summed E-state index contributed by atoms with van der Waals surface area (Å²) in [5, 5.41) is 10.1. The first-order valence-electron chi connectivity index (χ1n) is 5.77. The smallest absolute Gasteiger partial charge is 0.0760 e. The highest BCUT2D eigenvalue weighted by molar-refractivity contribution is 5.19. The van der Waals surface area contributed by atoms with E-state index in [9.17, 15) is 5.11 Å². The zero-order valence-corrected chi connectivity index (χ0v) is 8.97. The Kier molecular flexibility index (Phi) is 3.39. The maximum Gasteiger partial charge on any atom is 0.0760 e. The highest BCUT2D eigenvalue weighted by Gasteiger charge is 2.28. The Morgan fingerprint density at radius 1 is 1.13 bits per heavy atom. The van der Waals surface area contributed by atoms with Crippen molar-refractivity contribution in [3.63, 3.8) is 0 Å². The molecule has 0 saturated heterocycles. The summed E-state index contributed by atoms with van der Waals surface area (Å²) in [4.78, 5) is 0. The second kappa shape index (κ2) is 4.77. The van der Waals surface area contributed by atoms with E-state index >= 15 is 0 Å². The molecule has 2 rings (SSSR count). The standard InChI is InChI=1S/C13H19NO/c14-12(10-6-2-1-3-7-10)13(15)11-8-4-5-9-11/h1-3,6-7,11-13,15H,4-5,8-9,14H2/t12-,13+/m0/s1. The number of hydrogen-bond acceptors (Lipinski definition) is 2. The molecule has 1 aliphatic rings. The van der Waals surface area contributed by atoms with Crippen molar-refractivity contribution in [1.82, 2.24) is 0 Å². The first-order chi connectivity index (χ1) is 7.29. The Hall–Kier alpha value is -0.860. The summed E-state index contributed by atoms with van der Waals surface area (Å²) < 4.78 is 0. The third-order valence-corrected chi connectivity index (χ3v) is 3.44. The quantitative estimate of drug-likeness (QED) is 0.795. The maximum atomic E-state index is 10.1. The third-order valence-electron chi connectivity index (χ3n) is 3.44. The molecule has 0 unspecified atom stereocenters. The van der Waals surface area contributed by atoms with E-state index in [-0.39, 0.29) is 12.1 Å². The molecule has 2 atom stereocenters. The molecule has 0 aromatic heterocycles. The van der Waals surface area contributed by atoms with Gasteiger partial charge in [-0.25, -0.2) is 0 Å². The van der Waals surface area contributed by atoms with E-state index in [4.69, 9.17) is 5.73 Å². The SMILES string of the molecule is N[C@@H](c1ccccc1)[C@H](O)C1CCCC1. The first-order valence-corrected chi connectivity index (χ1v) is 5.77. The normalized spacial score (nSPS) is 21.5. The molecule has 82 valence electrons. The first kappa shape index (κ1) is 10.7. The molecule has 0 spiro atoms. The average Bonchev–Trinajstić information content (AvgIpc) is 2.82. The fourth-order valence-electron chi connectivity index (χ4n) is 2.46. The van der Waals surface area contributed by atoms with E-state index in [1.165, 1.54) is 12.8 Å². The Labute approximate surface area is 91.1 Å². The molecule has 0 bridgehead atoms. The molecule has 0 aliphatic heterocycles. The van der Waals surface area contributed by atoms with Gasteiger partial charge in [-0.2, -0.15) is 0 Å². The van der Waals surface area contributed by atoms with Gasteiger partial charge < -0.3 is 10.8 Å². The lowest BCUT2D eigenvalue weighted by atomic mass is 9.91. The van der Waals surface area contributed by atoms with Crippen molar-refractivity contribution in [1.29, 1.82) is 0 Å². The van der Waals surface area contributed by atoms with Crippen LogP contribution in [0.25, 0.3) is 0 Å². The molecule has 0 radical (unpaired) electrons. The van der Waals surface area contributed by atoms with Crippen molar-refractivity contribution in [3.05, 3.63) is 35.9 Å². The van der Waals surface area contributed by atoms with E-state index in [2.05, 4.69) is 0 Å². The summed E-state index contributed by atoms with van der Waals surface area (Å²) in [6, 6.07) is 9.66. The molecule has 2 nitrogen and oxygen atoms in total. The van der Waals surface area contributed by atoms with Gasteiger partial charge in [0.2, 0.25) is 0 Å².